The lowest BCUT2D eigenvalue weighted by Crippen LogP contribution is -2.24. The molecule has 2 rings (SSSR count). The van der Waals surface area contributed by atoms with Gasteiger partial charge in [-0.3, -0.25) is 4.98 Å². The lowest BCUT2D eigenvalue weighted by Gasteiger charge is -2.22. The summed E-state index contributed by atoms with van der Waals surface area (Å²) in [6.07, 6.45) is 7.22. The Bertz CT molecular complexity index is 434. The second-order valence-electron chi connectivity index (χ2n) is 4.10. The van der Waals surface area contributed by atoms with Gasteiger partial charge in [-0.05, 0) is 41.0 Å². The van der Waals surface area contributed by atoms with Crippen LogP contribution in [0.3, 0.4) is 0 Å². The van der Waals surface area contributed by atoms with Crippen molar-refractivity contribution >= 4 is 39.1 Å². The van der Waals surface area contributed by atoms with Crippen molar-refractivity contribution in [1.29, 1.82) is 0 Å². The second-order valence-corrected chi connectivity index (χ2v) is 5.63. The summed E-state index contributed by atoms with van der Waals surface area (Å²) >= 11 is 5.05. The van der Waals surface area contributed by atoms with Crippen molar-refractivity contribution in [3.63, 3.8) is 0 Å². The van der Waals surface area contributed by atoms with Crippen LogP contribution in [-0.2, 0) is 0 Å². The van der Waals surface area contributed by atoms with Crippen LogP contribution in [0.1, 0.15) is 12.1 Å². The highest BCUT2D eigenvalue weighted by molar-refractivity contribution is 9.10. The summed E-state index contributed by atoms with van der Waals surface area (Å²) < 4.78 is 4.30. The molecule has 1 aliphatic heterocycles. The molecule has 17 heavy (non-hydrogen) atoms. The van der Waals surface area contributed by atoms with Crippen LogP contribution in [0.2, 0.25) is 0 Å². The van der Waals surface area contributed by atoms with Gasteiger partial charge in [-0.2, -0.15) is 0 Å². The summed E-state index contributed by atoms with van der Waals surface area (Å²) in [5.41, 5.74) is 3.51. The fourth-order valence-corrected chi connectivity index (χ4v) is 2.58. The molecule has 5 heteroatoms. The molecule has 0 fully saturated rings. The lowest BCUT2D eigenvalue weighted by atomic mass is 10.0. The quantitative estimate of drug-likeness (QED) is 0.867. The van der Waals surface area contributed by atoms with Gasteiger partial charge in [0.2, 0.25) is 0 Å². The minimum Gasteiger partial charge on any atom is -0.328 e. The van der Waals surface area contributed by atoms with Crippen LogP contribution >= 0.6 is 27.9 Å². The van der Waals surface area contributed by atoms with E-state index >= 15 is 0 Å². The fraction of sp³-hybridized carbons (Fsp3) is 0.417. The number of halogens is 1. The maximum atomic E-state index is 4.54. The Hall–Kier alpha value is -0.520. The average molecular weight is 314 g/mol. The van der Waals surface area contributed by atoms with E-state index in [0.29, 0.717) is 0 Å². The molecule has 0 saturated carbocycles. The molecule has 1 N–H and O–H groups in total. The molecule has 3 nitrogen and oxygen atoms in total. The van der Waals surface area contributed by atoms with Gasteiger partial charge >= 0.3 is 0 Å². The van der Waals surface area contributed by atoms with Gasteiger partial charge in [0.1, 0.15) is 0 Å². The largest absolute Gasteiger partial charge is 0.328 e. The third-order valence-electron chi connectivity index (χ3n) is 2.78. The molecule has 0 bridgehead atoms. The van der Waals surface area contributed by atoms with Gasteiger partial charge in [0.25, 0.3) is 0 Å². The number of aromatic nitrogens is 1. The standard InChI is InChI=1S/C12H16BrN3S/c1-16-5-3-9(4-6-16)12-11(15-17-2)7-10(13)8-14-12/h3,7-8,15H,4-6H2,1-2H3. The van der Waals surface area contributed by atoms with Crippen molar-refractivity contribution in [2.75, 3.05) is 31.1 Å². The van der Waals surface area contributed by atoms with E-state index in [2.05, 4.69) is 49.7 Å². The summed E-state index contributed by atoms with van der Waals surface area (Å²) in [7, 11) is 2.14. The third-order valence-corrected chi connectivity index (χ3v) is 3.64. The van der Waals surface area contributed by atoms with Gasteiger partial charge in [-0.25, -0.2) is 0 Å². The van der Waals surface area contributed by atoms with E-state index in [-0.39, 0.29) is 0 Å². The van der Waals surface area contributed by atoms with Gasteiger partial charge in [0.15, 0.2) is 0 Å². The second kappa shape index (κ2) is 5.89. The Balaban J connectivity index is 2.31. The van der Waals surface area contributed by atoms with E-state index in [0.717, 1.165) is 35.4 Å². The van der Waals surface area contributed by atoms with Crippen LogP contribution in [0.15, 0.2) is 22.8 Å². The van der Waals surface area contributed by atoms with Crippen LogP contribution in [0.5, 0.6) is 0 Å². The minimum absolute atomic E-state index is 1.01. The lowest BCUT2D eigenvalue weighted by molar-refractivity contribution is 0.370. The Morgan fingerprint density at radius 1 is 1.53 bits per heavy atom. The number of anilines is 1. The Labute approximate surface area is 115 Å². The van der Waals surface area contributed by atoms with Crippen LogP contribution in [0.4, 0.5) is 5.69 Å². The average Bonchev–Trinajstić information content (AvgIpc) is 2.31. The first-order valence-corrected chi connectivity index (χ1v) is 7.55. The SMILES string of the molecule is CSNc1cc(Br)cnc1C1=CCN(C)CC1. The summed E-state index contributed by atoms with van der Waals surface area (Å²) in [5, 5.41) is 0. The van der Waals surface area contributed by atoms with Crippen molar-refractivity contribution < 1.29 is 0 Å². The predicted molar refractivity (Wildman–Crippen MR) is 79.2 cm³/mol. The van der Waals surface area contributed by atoms with Gasteiger partial charge in [0, 0.05) is 30.0 Å². The first kappa shape index (κ1) is 12.9. The van der Waals surface area contributed by atoms with E-state index in [9.17, 15) is 0 Å². The van der Waals surface area contributed by atoms with Crippen molar-refractivity contribution in [3.05, 3.63) is 28.5 Å². The van der Waals surface area contributed by atoms with Crippen molar-refractivity contribution in [3.8, 4) is 0 Å². The van der Waals surface area contributed by atoms with Gasteiger partial charge < -0.3 is 9.62 Å². The fourth-order valence-electron chi connectivity index (χ4n) is 1.87. The van der Waals surface area contributed by atoms with Gasteiger partial charge in [0.05, 0.1) is 11.4 Å². The first-order chi connectivity index (χ1) is 8.20. The molecule has 0 unspecified atom stereocenters. The highest BCUT2D eigenvalue weighted by Crippen LogP contribution is 2.29. The number of rotatable bonds is 3. The van der Waals surface area contributed by atoms with E-state index in [4.69, 9.17) is 0 Å². The molecule has 0 saturated heterocycles. The predicted octanol–water partition coefficient (Wildman–Crippen LogP) is 3.25. The molecule has 92 valence electrons. The first-order valence-electron chi connectivity index (χ1n) is 5.53. The highest BCUT2D eigenvalue weighted by atomic mass is 79.9. The van der Waals surface area contributed by atoms with Crippen LogP contribution < -0.4 is 4.72 Å². The minimum atomic E-state index is 1.01. The summed E-state index contributed by atoms with van der Waals surface area (Å²) in [5.74, 6) is 0. The zero-order valence-electron chi connectivity index (χ0n) is 10.0. The maximum Gasteiger partial charge on any atom is 0.0899 e. The number of likely N-dealkylation sites (N-methyl/N-ethyl adjacent to an activating group) is 1. The molecule has 0 radical (unpaired) electrons. The van der Waals surface area contributed by atoms with Crippen molar-refractivity contribution in [2.45, 2.75) is 6.42 Å². The topological polar surface area (TPSA) is 28.2 Å². The number of nitrogens with zero attached hydrogens (tertiary/aromatic N) is 2. The molecule has 1 aliphatic rings. The van der Waals surface area contributed by atoms with Gasteiger partial charge in [-0.15, -0.1) is 0 Å². The molecule has 2 heterocycles. The molecule has 1 aromatic rings. The molecular formula is C12H16BrN3S. The third kappa shape index (κ3) is 3.24. The molecule has 0 atom stereocenters. The summed E-state index contributed by atoms with van der Waals surface area (Å²) in [6, 6.07) is 2.08. The van der Waals surface area contributed by atoms with Crippen LogP contribution in [-0.4, -0.2) is 36.3 Å². The van der Waals surface area contributed by atoms with Crippen LogP contribution in [0, 0.1) is 0 Å². The summed E-state index contributed by atoms with van der Waals surface area (Å²) in [6.45, 7) is 2.11. The number of hydrogen-bond acceptors (Lipinski definition) is 4. The Kier molecular flexibility index (Phi) is 4.48. The van der Waals surface area contributed by atoms with Crippen molar-refractivity contribution in [2.24, 2.45) is 0 Å². The smallest absolute Gasteiger partial charge is 0.0899 e. The zero-order valence-corrected chi connectivity index (χ0v) is 12.4. The normalized spacial score (nSPS) is 16.8. The maximum absolute atomic E-state index is 4.54. The monoisotopic (exact) mass is 313 g/mol. The number of pyridine rings is 1. The van der Waals surface area contributed by atoms with Crippen molar-refractivity contribution in [1.82, 2.24) is 9.88 Å². The van der Waals surface area contributed by atoms with E-state index in [1.807, 2.05) is 12.5 Å². The molecule has 0 amide bonds. The molecular weight excluding hydrogens is 298 g/mol. The van der Waals surface area contributed by atoms with E-state index in [1.54, 1.807) is 11.9 Å². The van der Waals surface area contributed by atoms with E-state index < -0.39 is 0 Å². The number of nitrogens with one attached hydrogen (secondary N) is 1. The Morgan fingerprint density at radius 2 is 2.35 bits per heavy atom. The van der Waals surface area contributed by atoms with Gasteiger partial charge in [-0.1, -0.05) is 18.0 Å². The number of hydrogen-bond donors (Lipinski definition) is 1. The molecule has 0 aromatic carbocycles. The zero-order chi connectivity index (χ0) is 12.3. The van der Waals surface area contributed by atoms with E-state index in [1.165, 1.54) is 5.57 Å². The molecule has 1 aromatic heterocycles. The molecule has 0 aliphatic carbocycles. The summed E-state index contributed by atoms with van der Waals surface area (Å²) in [4.78, 5) is 6.85. The highest BCUT2D eigenvalue weighted by Gasteiger charge is 2.14. The van der Waals surface area contributed by atoms with Crippen LogP contribution in [0.25, 0.3) is 5.57 Å². The Morgan fingerprint density at radius 3 is 3.00 bits per heavy atom. The molecule has 0 spiro atoms.